The highest BCUT2D eigenvalue weighted by Crippen LogP contribution is 2.23. The van der Waals surface area contributed by atoms with Crippen molar-refractivity contribution in [3.8, 4) is 0 Å². The molecule has 0 spiro atoms. The summed E-state index contributed by atoms with van der Waals surface area (Å²) in [6.07, 6.45) is 0. The van der Waals surface area contributed by atoms with Crippen LogP contribution in [0.4, 0.5) is 0 Å². The quantitative estimate of drug-likeness (QED) is 0.866. The van der Waals surface area contributed by atoms with Crippen LogP contribution in [0.1, 0.15) is 23.0 Å². The normalized spacial score (nSPS) is 19.1. The minimum atomic E-state index is -3.67. The van der Waals surface area contributed by atoms with Crippen molar-refractivity contribution in [2.45, 2.75) is 25.0 Å². The van der Waals surface area contributed by atoms with E-state index in [4.69, 9.17) is 4.42 Å². The van der Waals surface area contributed by atoms with Crippen molar-refractivity contribution < 1.29 is 17.6 Å². The number of nitrogens with one attached hydrogen (secondary N) is 1. The third kappa shape index (κ3) is 3.45. The Hall–Kier alpha value is -1.09. The van der Waals surface area contributed by atoms with E-state index in [2.05, 4.69) is 5.32 Å². The first-order valence-electron chi connectivity index (χ1n) is 6.79. The molecule has 1 aliphatic rings. The minimum absolute atomic E-state index is 0. The molecule has 9 heteroatoms. The monoisotopic (exact) mass is 351 g/mol. The molecule has 0 saturated carbocycles. The van der Waals surface area contributed by atoms with E-state index in [9.17, 15) is 13.2 Å². The molecule has 0 unspecified atom stereocenters. The van der Waals surface area contributed by atoms with Crippen LogP contribution in [0, 0.1) is 6.92 Å². The number of halogens is 1. The average molecular weight is 352 g/mol. The van der Waals surface area contributed by atoms with E-state index in [0.717, 1.165) is 17.4 Å². The maximum absolute atomic E-state index is 12.6. The van der Waals surface area contributed by atoms with Gasteiger partial charge < -0.3 is 14.6 Å². The maximum Gasteiger partial charge on any atom is 0.275 e. The molecule has 1 saturated heterocycles. The zero-order valence-corrected chi connectivity index (χ0v) is 14.8. The summed E-state index contributed by atoms with van der Waals surface area (Å²) in [6, 6.07) is 1.39. The van der Waals surface area contributed by atoms with Crippen LogP contribution in [-0.2, 0) is 10.0 Å². The summed E-state index contributed by atoms with van der Waals surface area (Å²) in [5.74, 6) is 0.136. The van der Waals surface area contributed by atoms with Gasteiger partial charge in [0.05, 0.1) is 5.56 Å². The van der Waals surface area contributed by atoms with E-state index in [1.54, 1.807) is 11.8 Å². The Morgan fingerprint density at radius 1 is 1.45 bits per heavy atom. The van der Waals surface area contributed by atoms with Crippen molar-refractivity contribution in [2.75, 3.05) is 33.7 Å². The molecule has 1 aromatic heterocycles. The molecule has 7 nitrogen and oxygen atoms in total. The van der Waals surface area contributed by atoms with Crippen molar-refractivity contribution >= 4 is 28.3 Å². The lowest BCUT2D eigenvalue weighted by molar-refractivity contribution is 0.0654. The summed E-state index contributed by atoms with van der Waals surface area (Å²) in [6.45, 7) is 5.62. The molecule has 0 aliphatic carbocycles. The topological polar surface area (TPSA) is 82.9 Å². The smallest absolute Gasteiger partial charge is 0.275 e. The van der Waals surface area contributed by atoms with E-state index in [1.165, 1.54) is 20.2 Å². The summed E-state index contributed by atoms with van der Waals surface area (Å²) < 4.78 is 30.5. The van der Waals surface area contributed by atoms with E-state index in [0.29, 0.717) is 17.9 Å². The van der Waals surface area contributed by atoms with Crippen molar-refractivity contribution in [3.05, 3.63) is 17.4 Å². The van der Waals surface area contributed by atoms with Gasteiger partial charge in [-0.05, 0) is 13.8 Å². The molecule has 22 heavy (non-hydrogen) atoms. The number of piperazine rings is 1. The van der Waals surface area contributed by atoms with Gasteiger partial charge in [0, 0.05) is 45.8 Å². The highest BCUT2D eigenvalue weighted by molar-refractivity contribution is 7.88. The van der Waals surface area contributed by atoms with Gasteiger partial charge in [0.2, 0.25) is 5.09 Å². The number of furan rings is 1. The van der Waals surface area contributed by atoms with Crippen molar-refractivity contribution in [3.63, 3.8) is 0 Å². The van der Waals surface area contributed by atoms with Crippen molar-refractivity contribution in [1.82, 2.24) is 14.5 Å². The highest BCUT2D eigenvalue weighted by atomic mass is 35.5. The van der Waals surface area contributed by atoms with Crippen molar-refractivity contribution in [1.29, 1.82) is 0 Å². The number of nitrogens with zero attached hydrogens (tertiary/aromatic N) is 2. The number of hydrogen-bond donors (Lipinski definition) is 1. The fraction of sp³-hybridized carbons (Fsp3) is 0.615. The molecule has 0 aromatic carbocycles. The summed E-state index contributed by atoms with van der Waals surface area (Å²) in [5.41, 5.74) is 0.309. The molecule has 0 radical (unpaired) electrons. The molecule has 1 aromatic rings. The minimum Gasteiger partial charge on any atom is -0.448 e. The van der Waals surface area contributed by atoms with Gasteiger partial charge in [-0.1, -0.05) is 0 Å². The summed E-state index contributed by atoms with van der Waals surface area (Å²) in [7, 11) is -0.825. The van der Waals surface area contributed by atoms with Crippen LogP contribution in [0.5, 0.6) is 0 Å². The number of carbonyl (C=O) groups excluding carboxylic acids is 1. The number of carbonyl (C=O) groups is 1. The van der Waals surface area contributed by atoms with E-state index >= 15 is 0 Å². The Kier molecular flexibility index (Phi) is 6.03. The fourth-order valence-electron chi connectivity index (χ4n) is 2.27. The first-order chi connectivity index (χ1) is 9.75. The Labute approximate surface area is 137 Å². The summed E-state index contributed by atoms with van der Waals surface area (Å²) in [5, 5.41) is 3.01. The van der Waals surface area contributed by atoms with E-state index < -0.39 is 10.0 Å². The number of hydrogen-bond acceptors (Lipinski definition) is 5. The molecule has 1 fully saturated rings. The molecular formula is C13H22ClN3O4S. The number of aryl methyl sites for hydroxylation is 1. The van der Waals surface area contributed by atoms with Gasteiger partial charge in [-0.3, -0.25) is 4.79 Å². The molecule has 2 heterocycles. The van der Waals surface area contributed by atoms with Crippen LogP contribution in [0.3, 0.4) is 0 Å². The van der Waals surface area contributed by atoms with Crippen molar-refractivity contribution in [2.24, 2.45) is 0 Å². The zero-order chi connectivity index (χ0) is 15.8. The predicted molar refractivity (Wildman–Crippen MR) is 84.9 cm³/mol. The van der Waals surface area contributed by atoms with Gasteiger partial charge in [0.1, 0.15) is 5.76 Å². The molecule has 1 N–H and O–H groups in total. The van der Waals surface area contributed by atoms with Crippen LogP contribution < -0.4 is 5.32 Å². The number of sulfonamides is 1. The Morgan fingerprint density at radius 3 is 2.64 bits per heavy atom. The second-order valence-electron chi connectivity index (χ2n) is 5.37. The molecular weight excluding hydrogens is 330 g/mol. The van der Waals surface area contributed by atoms with Gasteiger partial charge in [-0.2, -0.15) is 0 Å². The summed E-state index contributed by atoms with van der Waals surface area (Å²) in [4.78, 5) is 14.3. The van der Waals surface area contributed by atoms with Crippen LogP contribution in [-0.4, -0.2) is 63.3 Å². The first kappa shape index (κ1) is 19.0. The second-order valence-corrected chi connectivity index (χ2v) is 7.46. The lowest BCUT2D eigenvalue weighted by Crippen LogP contribution is -2.52. The zero-order valence-electron chi connectivity index (χ0n) is 13.1. The number of amides is 1. The van der Waals surface area contributed by atoms with Gasteiger partial charge in [-0.15, -0.1) is 12.4 Å². The molecule has 126 valence electrons. The third-order valence-corrected chi connectivity index (χ3v) is 5.29. The van der Waals surface area contributed by atoms with Gasteiger partial charge in [0.15, 0.2) is 0 Å². The first-order valence-corrected chi connectivity index (χ1v) is 8.23. The predicted octanol–water partition coefficient (Wildman–Crippen LogP) is 0.694. The van der Waals surface area contributed by atoms with E-state index in [-0.39, 0.29) is 29.4 Å². The molecule has 1 amide bonds. The van der Waals surface area contributed by atoms with Gasteiger partial charge in [0.25, 0.3) is 15.9 Å². The molecule has 1 aliphatic heterocycles. The summed E-state index contributed by atoms with van der Waals surface area (Å²) >= 11 is 0. The van der Waals surface area contributed by atoms with Crippen LogP contribution in [0.25, 0.3) is 0 Å². The lowest BCUT2D eigenvalue weighted by Gasteiger charge is -2.33. The van der Waals surface area contributed by atoms with Crippen LogP contribution >= 0.6 is 12.4 Å². The second kappa shape index (κ2) is 6.99. The maximum atomic E-state index is 12.6. The van der Waals surface area contributed by atoms with Crippen LogP contribution in [0.2, 0.25) is 0 Å². The van der Waals surface area contributed by atoms with Crippen LogP contribution in [0.15, 0.2) is 15.6 Å². The van der Waals surface area contributed by atoms with Gasteiger partial charge >= 0.3 is 0 Å². The third-order valence-electron chi connectivity index (χ3n) is 3.62. The van der Waals surface area contributed by atoms with E-state index in [1.807, 2.05) is 6.92 Å². The Balaban J connectivity index is 0.00000242. The molecule has 2 rings (SSSR count). The SMILES string of the molecule is Cc1oc(S(=O)(=O)N(C)C)cc1C(=O)N1CCNC[C@@H]1C.Cl. The standard InChI is InChI=1S/C13H21N3O4S.ClH/c1-9-8-14-5-6-16(9)13(17)11-7-12(20-10(11)2)21(18,19)15(3)4;/h7,9,14H,5-6,8H2,1-4H3;1H/t9-;/m0./s1. The average Bonchev–Trinajstić information content (AvgIpc) is 2.81. The molecule has 1 atom stereocenters. The fourth-order valence-corrected chi connectivity index (χ4v) is 3.13. The Bertz CT molecular complexity index is 642. The number of rotatable bonds is 3. The largest absolute Gasteiger partial charge is 0.448 e. The lowest BCUT2D eigenvalue weighted by atomic mass is 10.1. The Morgan fingerprint density at radius 2 is 2.09 bits per heavy atom. The molecule has 0 bridgehead atoms. The van der Waals surface area contributed by atoms with Gasteiger partial charge in [-0.25, -0.2) is 12.7 Å². The highest BCUT2D eigenvalue weighted by Gasteiger charge is 2.30.